The van der Waals surface area contributed by atoms with Gasteiger partial charge in [0.05, 0.1) is 22.4 Å². The molecule has 0 bridgehead atoms. The Hall–Kier alpha value is -4.42. The lowest BCUT2D eigenvalue weighted by atomic mass is 10.0. The molecule has 2 aliphatic rings. The zero-order chi connectivity index (χ0) is 25.5. The molecular weight excluding hydrogens is 470 g/mol. The molecule has 0 aliphatic carbocycles. The van der Waals surface area contributed by atoms with Crippen LogP contribution >= 0.6 is 0 Å². The third-order valence-corrected chi connectivity index (χ3v) is 7.70. The molecule has 3 heterocycles. The van der Waals surface area contributed by atoms with Crippen molar-refractivity contribution in [3.63, 3.8) is 0 Å². The highest BCUT2D eigenvalue weighted by molar-refractivity contribution is 6.02. The normalized spacial score (nSPS) is 15.3. The van der Waals surface area contributed by atoms with E-state index < -0.39 is 0 Å². The summed E-state index contributed by atoms with van der Waals surface area (Å²) < 4.78 is 1.75. The molecule has 2 aliphatic heterocycles. The van der Waals surface area contributed by atoms with Gasteiger partial charge >= 0.3 is 5.69 Å². The van der Waals surface area contributed by atoms with Crippen LogP contribution in [0.4, 0.5) is 11.4 Å². The number of aliphatic imine (C=N–C) groups is 1. The maximum atomic E-state index is 12.9. The average molecular weight is 500 g/mol. The summed E-state index contributed by atoms with van der Waals surface area (Å²) in [7, 11) is 0. The molecule has 0 atom stereocenters. The highest BCUT2D eigenvalue weighted by Crippen LogP contribution is 2.38. The van der Waals surface area contributed by atoms with Crippen LogP contribution in [0.2, 0.25) is 0 Å². The third-order valence-electron chi connectivity index (χ3n) is 7.70. The quantitative estimate of drug-likeness (QED) is 0.335. The lowest BCUT2D eigenvalue weighted by molar-refractivity contribution is 0.285. The van der Waals surface area contributed by atoms with Crippen LogP contribution in [0.5, 0.6) is 0 Å². The summed E-state index contributed by atoms with van der Waals surface area (Å²) >= 11 is 0. The molecule has 0 unspecified atom stereocenters. The van der Waals surface area contributed by atoms with Gasteiger partial charge in [0.1, 0.15) is 0 Å². The Morgan fingerprint density at radius 2 is 1.63 bits per heavy atom. The summed E-state index contributed by atoms with van der Waals surface area (Å²) in [6.07, 6.45) is 3.02. The number of aromatic nitrogens is 2. The molecule has 0 spiro atoms. The number of rotatable bonds is 4. The van der Waals surface area contributed by atoms with E-state index in [1.807, 2.05) is 36.5 Å². The number of aromatic amines is 1. The maximum absolute atomic E-state index is 12.9. The van der Waals surface area contributed by atoms with Gasteiger partial charge < -0.3 is 9.88 Å². The minimum atomic E-state index is -0.144. The van der Waals surface area contributed by atoms with Crippen molar-refractivity contribution >= 4 is 28.6 Å². The van der Waals surface area contributed by atoms with Gasteiger partial charge in [-0.15, -0.1) is 0 Å². The van der Waals surface area contributed by atoms with E-state index in [-0.39, 0.29) is 5.69 Å². The number of benzene rings is 4. The molecule has 38 heavy (non-hydrogen) atoms. The first kappa shape index (κ1) is 22.8. The molecule has 1 aromatic heterocycles. The monoisotopic (exact) mass is 499 g/mol. The zero-order valence-electron chi connectivity index (χ0n) is 21.2. The Bertz CT molecular complexity index is 1700. The standard InChI is InChI=1S/C32H29N5O/c38-32-34-28-11-4-9-25-21-33-30-27(10-5-12-29(30)37(32)31(25)28)24-13-15-26(16-14-24)36-18-6-17-35(19-20-36)22-23-7-2-1-3-8-23/h1-5,7-16,21H,6,17-20,22H2,(H,34,38). The molecule has 0 saturated carbocycles. The van der Waals surface area contributed by atoms with E-state index in [1.165, 1.54) is 11.3 Å². The van der Waals surface area contributed by atoms with Crippen LogP contribution in [0.1, 0.15) is 17.5 Å². The van der Waals surface area contributed by atoms with Crippen molar-refractivity contribution in [3.05, 3.63) is 113 Å². The first-order valence-corrected chi connectivity index (χ1v) is 13.3. The fourth-order valence-corrected chi connectivity index (χ4v) is 5.81. The minimum absolute atomic E-state index is 0.144. The molecule has 7 rings (SSSR count). The van der Waals surface area contributed by atoms with E-state index in [0.717, 1.165) is 78.2 Å². The van der Waals surface area contributed by atoms with Crippen LogP contribution in [0.15, 0.2) is 101 Å². The number of nitrogens with zero attached hydrogens (tertiary/aromatic N) is 4. The van der Waals surface area contributed by atoms with Gasteiger partial charge in [0.2, 0.25) is 0 Å². The van der Waals surface area contributed by atoms with E-state index >= 15 is 0 Å². The molecule has 4 aromatic carbocycles. The summed E-state index contributed by atoms with van der Waals surface area (Å²) in [5.74, 6) is 0. The Morgan fingerprint density at radius 3 is 2.50 bits per heavy atom. The lowest BCUT2D eigenvalue weighted by Gasteiger charge is -2.24. The maximum Gasteiger partial charge on any atom is 0.331 e. The second-order valence-corrected chi connectivity index (χ2v) is 10.1. The fraction of sp³-hybridized carbons (Fsp3) is 0.188. The molecule has 1 saturated heterocycles. The van der Waals surface area contributed by atoms with E-state index in [0.29, 0.717) is 0 Å². The number of para-hydroxylation sites is 2. The van der Waals surface area contributed by atoms with Crippen LogP contribution in [-0.2, 0) is 6.54 Å². The Kier molecular flexibility index (Phi) is 5.67. The van der Waals surface area contributed by atoms with Crippen molar-refractivity contribution in [1.29, 1.82) is 0 Å². The summed E-state index contributed by atoms with van der Waals surface area (Å²) in [6, 6.07) is 31.5. The van der Waals surface area contributed by atoms with Gasteiger partial charge in [0.15, 0.2) is 0 Å². The molecular formula is C32H29N5O. The fourth-order valence-electron chi connectivity index (χ4n) is 5.81. The van der Waals surface area contributed by atoms with E-state index in [1.54, 1.807) is 4.57 Å². The molecule has 6 nitrogen and oxygen atoms in total. The number of anilines is 1. The predicted octanol–water partition coefficient (Wildman–Crippen LogP) is 5.76. The Labute approximate surface area is 221 Å². The first-order valence-electron chi connectivity index (χ1n) is 13.3. The van der Waals surface area contributed by atoms with Gasteiger partial charge in [-0.2, -0.15) is 0 Å². The molecule has 188 valence electrons. The van der Waals surface area contributed by atoms with Crippen LogP contribution in [0.3, 0.4) is 0 Å². The minimum Gasteiger partial charge on any atom is -0.370 e. The number of hydrogen-bond donors (Lipinski definition) is 1. The number of hydrogen-bond acceptors (Lipinski definition) is 4. The van der Waals surface area contributed by atoms with Crippen molar-refractivity contribution < 1.29 is 0 Å². The van der Waals surface area contributed by atoms with E-state index in [2.05, 4.69) is 75.4 Å². The smallest absolute Gasteiger partial charge is 0.331 e. The van der Waals surface area contributed by atoms with E-state index in [9.17, 15) is 4.79 Å². The second kappa shape index (κ2) is 9.47. The van der Waals surface area contributed by atoms with Gasteiger partial charge in [-0.25, -0.2) is 4.79 Å². The first-order chi connectivity index (χ1) is 18.7. The highest BCUT2D eigenvalue weighted by Gasteiger charge is 2.20. The Balaban J connectivity index is 1.16. The molecule has 1 N–H and O–H groups in total. The average Bonchev–Trinajstić information content (AvgIpc) is 3.08. The molecule has 6 heteroatoms. The summed E-state index contributed by atoms with van der Waals surface area (Å²) in [4.78, 5) is 25.8. The molecule has 0 radical (unpaired) electrons. The van der Waals surface area contributed by atoms with Crippen LogP contribution in [0, 0.1) is 0 Å². The second-order valence-electron chi connectivity index (χ2n) is 10.1. The van der Waals surface area contributed by atoms with Crippen molar-refractivity contribution in [3.8, 4) is 16.8 Å². The van der Waals surface area contributed by atoms with Crippen molar-refractivity contribution in [1.82, 2.24) is 14.5 Å². The van der Waals surface area contributed by atoms with Crippen LogP contribution < -0.4 is 10.6 Å². The summed E-state index contributed by atoms with van der Waals surface area (Å²) in [5.41, 5.74) is 8.82. The molecule has 1 fully saturated rings. The van der Waals surface area contributed by atoms with Crippen molar-refractivity contribution in [2.45, 2.75) is 13.0 Å². The topological polar surface area (TPSA) is 56.6 Å². The predicted molar refractivity (Wildman–Crippen MR) is 155 cm³/mol. The number of imidazole rings is 1. The molecule has 0 amide bonds. The van der Waals surface area contributed by atoms with Crippen LogP contribution in [-0.4, -0.2) is 46.8 Å². The van der Waals surface area contributed by atoms with Crippen molar-refractivity contribution in [2.24, 2.45) is 4.99 Å². The van der Waals surface area contributed by atoms with Crippen LogP contribution in [0.25, 0.3) is 27.8 Å². The zero-order valence-corrected chi connectivity index (χ0v) is 21.2. The van der Waals surface area contributed by atoms with Gasteiger partial charge in [0, 0.05) is 55.8 Å². The van der Waals surface area contributed by atoms with E-state index in [4.69, 9.17) is 4.99 Å². The summed E-state index contributed by atoms with van der Waals surface area (Å²) in [5, 5.41) is 0. The van der Waals surface area contributed by atoms with Gasteiger partial charge in [0.25, 0.3) is 0 Å². The van der Waals surface area contributed by atoms with Gasteiger partial charge in [-0.1, -0.05) is 66.7 Å². The Morgan fingerprint density at radius 1 is 0.789 bits per heavy atom. The number of fused-ring (bicyclic) bond motifs is 2. The lowest BCUT2D eigenvalue weighted by Crippen LogP contribution is -2.30. The third kappa shape index (κ3) is 4.03. The summed E-state index contributed by atoms with van der Waals surface area (Å²) in [6.45, 7) is 5.25. The van der Waals surface area contributed by atoms with Gasteiger partial charge in [-0.3, -0.25) is 14.5 Å². The number of H-pyrrole nitrogens is 1. The highest BCUT2D eigenvalue weighted by atomic mass is 16.1. The van der Waals surface area contributed by atoms with Gasteiger partial charge in [-0.05, 0) is 41.8 Å². The largest absolute Gasteiger partial charge is 0.370 e. The van der Waals surface area contributed by atoms with Crippen molar-refractivity contribution in [2.75, 3.05) is 31.1 Å². The SMILES string of the molecule is O=c1[nH]c2cccc3c2n1-c1cccc(-c2ccc(N4CCCN(Cc5ccccc5)CC4)cc2)c1N=C3. The molecule has 5 aromatic rings. The number of nitrogens with one attached hydrogen (secondary N) is 1.